The van der Waals surface area contributed by atoms with Gasteiger partial charge in [0.2, 0.25) is 0 Å². The minimum absolute atomic E-state index is 0.0404. The van der Waals surface area contributed by atoms with Gasteiger partial charge in [0, 0.05) is 66.9 Å². The smallest absolute Gasteiger partial charge is 0.141 e. The number of nitrogens with one attached hydrogen (secondary N) is 2. The van der Waals surface area contributed by atoms with E-state index in [1.807, 2.05) is 18.3 Å². The van der Waals surface area contributed by atoms with Gasteiger partial charge in [0.15, 0.2) is 0 Å². The first-order chi connectivity index (χ1) is 25.4. The molecule has 0 saturated carbocycles. The Morgan fingerprint density at radius 3 is 2.53 bits per heavy atom. The van der Waals surface area contributed by atoms with Gasteiger partial charge in [0.25, 0.3) is 0 Å². The van der Waals surface area contributed by atoms with Crippen molar-refractivity contribution < 1.29 is 9.13 Å². The van der Waals surface area contributed by atoms with E-state index in [2.05, 4.69) is 70.5 Å². The first kappa shape index (κ1) is 37.2. The quantitative estimate of drug-likeness (QED) is 0.101. The zero-order valence-electron chi connectivity index (χ0n) is 30.3. The molecule has 13 heteroatoms. The molecule has 4 heterocycles. The Hall–Kier alpha value is -4.15. The number of ether oxygens (including phenoxy) is 1. The Labute approximate surface area is 320 Å². The van der Waals surface area contributed by atoms with Crippen molar-refractivity contribution in [2.45, 2.75) is 70.2 Å². The number of likely N-dealkylation sites (tertiary alicyclic amines) is 1. The summed E-state index contributed by atoms with van der Waals surface area (Å²) < 4.78 is 19.5. The highest BCUT2D eigenvalue weighted by Gasteiger charge is 2.32. The number of piperidine rings is 1. The second-order valence-electron chi connectivity index (χ2n) is 15.2. The third-order valence-electron chi connectivity index (χ3n) is 10.8. The number of nitrogens with two attached hydrogens (primary N) is 2. The predicted molar refractivity (Wildman–Crippen MR) is 210 cm³/mol. The van der Waals surface area contributed by atoms with Crippen molar-refractivity contribution in [3.05, 3.63) is 105 Å². The van der Waals surface area contributed by atoms with Gasteiger partial charge in [0.05, 0.1) is 57.8 Å². The van der Waals surface area contributed by atoms with Crippen molar-refractivity contribution in [1.82, 2.24) is 19.8 Å². The molecular formula is C40H46Cl2FN9O. The second-order valence-corrected chi connectivity index (χ2v) is 16.0. The van der Waals surface area contributed by atoms with Gasteiger partial charge in [-0.05, 0) is 87.1 Å². The molecule has 0 radical (unpaired) electrons. The zero-order chi connectivity index (χ0) is 37.4. The van der Waals surface area contributed by atoms with Crippen LogP contribution in [0.5, 0.6) is 0 Å². The van der Waals surface area contributed by atoms with Crippen molar-refractivity contribution in [1.29, 1.82) is 5.26 Å². The molecule has 6 N–H and O–H groups in total. The second kappa shape index (κ2) is 15.3. The summed E-state index contributed by atoms with van der Waals surface area (Å²) in [4.78, 5) is 9.51. The van der Waals surface area contributed by atoms with Crippen LogP contribution >= 0.6 is 23.2 Å². The first-order valence-corrected chi connectivity index (χ1v) is 18.8. The lowest BCUT2D eigenvalue weighted by molar-refractivity contribution is -0.0695. The van der Waals surface area contributed by atoms with Gasteiger partial charge in [-0.15, -0.1) is 0 Å². The number of halogens is 3. The van der Waals surface area contributed by atoms with Crippen LogP contribution in [0.1, 0.15) is 61.9 Å². The number of anilines is 3. The number of rotatable bonds is 9. The maximum atomic E-state index is 14.0. The van der Waals surface area contributed by atoms with Gasteiger partial charge in [0.1, 0.15) is 11.9 Å². The Kier molecular flexibility index (Phi) is 10.7. The highest BCUT2D eigenvalue weighted by molar-refractivity contribution is 6.36. The van der Waals surface area contributed by atoms with Crippen LogP contribution in [0.15, 0.2) is 66.6 Å². The van der Waals surface area contributed by atoms with Gasteiger partial charge in [-0.2, -0.15) is 5.26 Å². The van der Waals surface area contributed by atoms with Crippen molar-refractivity contribution in [2.75, 3.05) is 43.5 Å². The predicted octanol–water partition coefficient (Wildman–Crippen LogP) is 7.44. The zero-order valence-corrected chi connectivity index (χ0v) is 31.8. The summed E-state index contributed by atoms with van der Waals surface area (Å²) in [6.45, 7) is 12.0. The van der Waals surface area contributed by atoms with E-state index in [-0.39, 0.29) is 22.2 Å². The number of hydrazine groups is 1. The SMILES string of the molecule is CC(C)(C)N1CCC(N(N)/C=C(\N)[C@@H](Nc2cc(Cl)c3ncc(C#N)c(Nc4ccc(F)c(Cl)c4)c3c2)c2cccc3c2CCN(C2COC2)C3)CC1. The van der Waals surface area contributed by atoms with Gasteiger partial charge < -0.3 is 26.1 Å². The molecule has 4 aromatic rings. The fraction of sp³-hybridized carbons (Fsp3) is 0.400. The van der Waals surface area contributed by atoms with Crippen molar-refractivity contribution in [3.63, 3.8) is 0 Å². The summed E-state index contributed by atoms with van der Waals surface area (Å²) >= 11 is 13.0. The normalized spacial score (nSPS) is 18.3. The van der Waals surface area contributed by atoms with E-state index in [1.54, 1.807) is 11.1 Å². The van der Waals surface area contributed by atoms with Gasteiger partial charge in [-0.3, -0.25) is 14.8 Å². The third-order valence-corrected chi connectivity index (χ3v) is 11.4. The number of pyridine rings is 1. The number of hydrogen-bond donors (Lipinski definition) is 4. The molecule has 0 aliphatic carbocycles. The maximum Gasteiger partial charge on any atom is 0.141 e. The largest absolute Gasteiger partial charge is 0.399 e. The molecule has 2 saturated heterocycles. The molecule has 3 aliphatic heterocycles. The van der Waals surface area contributed by atoms with Gasteiger partial charge in [-0.1, -0.05) is 41.4 Å². The fourth-order valence-corrected chi connectivity index (χ4v) is 8.10. The summed E-state index contributed by atoms with van der Waals surface area (Å²) in [6.07, 6.45) is 6.07. The van der Waals surface area contributed by atoms with Crippen LogP contribution in [0.2, 0.25) is 10.0 Å². The summed E-state index contributed by atoms with van der Waals surface area (Å²) in [5, 5.41) is 19.8. The first-order valence-electron chi connectivity index (χ1n) is 18.1. The Bertz CT molecular complexity index is 2070. The molecule has 7 rings (SSSR count). The van der Waals surface area contributed by atoms with Crippen LogP contribution in [0, 0.1) is 17.1 Å². The number of benzene rings is 3. The monoisotopic (exact) mass is 757 g/mol. The number of fused-ring (bicyclic) bond motifs is 2. The number of hydrogen-bond acceptors (Lipinski definition) is 10. The summed E-state index contributed by atoms with van der Waals surface area (Å²) in [7, 11) is 0. The molecule has 3 aromatic carbocycles. The van der Waals surface area contributed by atoms with E-state index >= 15 is 0 Å². The molecule has 1 aromatic heterocycles. The summed E-state index contributed by atoms with van der Waals surface area (Å²) in [6, 6.07) is 16.8. The molecule has 0 spiro atoms. The fourth-order valence-electron chi connectivity index (χ4n) is 7.65. The molecule has 0 unspecified atom stereocenters. The van der Waals surface area contributed by atoms with E-state index in [9.17, 15) is 9.65 Å². The van der Waals surface area contributed by atoms with Crippen LogP contribution in [0.3, 0.4) is 0 Å². The van der Waals surface area contributed by atoms with Crippen LogP contribution in [0.25, 0.3) is 10.9 Å². The van der Waals surface area contributed by atoms with Crippen LogP contribution in [0.4, 0.5) is 21.5 Å². The van der Waals surface area contributed by atoms with Crippen LogP contribution in [-0.4, -0.2) is 70.3 Å². The molecule has 3 aliphatic rings. The Morgan fingerprint density at radius 1 is 1.09 bits per heavy atom. The molecule has 53 heavy (non-hydrogen) atoms. The topological polar surface area (TPSA) is 132 Å². The lowest BCUT2D eigenvalue weighted by Crippen LogP contribution is -2.51. The van der Waals surface area contributed by atoms with E-state index < -0.39 is 11.9 Å². The minimum Gasteiger partial charge on any atom is -0.399 e. The van der Waals surface area contributed by atoms with E-state index in [0.29, 0.717) is 44.7 Å². The lowest BCUT2D eigenvalue weighted by Gasteiger charge is -2.42. The number of nitrogens with zero attached hydrogens (tertiary/aromatic N) is 5. The summed E-state index contributed by atoms with van der Waals surface area (Å²) in [5.74, 6) is 6.24. The third kappa shape index (κ3) is 7.90. The van der Waals surface area contributed by atoms with Crippen molar-refractivity contribution in [2.24, 2.45) is 11.6 Å². The standard InChI is InChI=1S/C40H46Cl2FN9O/c1-40(2,3)51-13-9-28(10-14-51)52(46)21-36(45)39(31-6-4-5-24-20-50(12-11-30(24)31)29-22-53-23-29)49-27-15-32-37(48-26-7-8-35(43)33(41)16-26)25(18-44)19-47-38(32)34(42)17-27/h4-8,15-17,19,21,28-29,39,49H,9-14,20,22-23,45-46H2,1-3H3,(H,47,48)/b36-21-/t39-/m0/s1. The molecular weight excluding hydrogens is 712 g/mol. The highest BCUT2D eigenvalue weighted by atomic mass is 35.5. The molecule has 2 fully saturated rings. The Balaban J connectivity index is 1.26. The molecule has 0 amide bonds. The molecule has 10 nitrogen and oxygen atoms in total. The Morgan fingerprint density at radius 2 is 1.85 bits per heavy atom. The van der Waals surface area contributed by atoms with Crippen LogP contribution in [-0.2, 0) is 17.7 Å². The van der Waals surface area contributed by atoms with Gasteiger partial charge >= 0.3 is 0 Å². The summed E-state index contributed by atoms with van der Waals surface area (Å²) in [5.41, 5.74) is 13.8. The maximum absolute atomic E-state index is 14.0. The molecule has 278 valence electrons. The highest BCUT2D eigenvalue weighted by Crippen LogP contribution is 2.38. The van der Waals surface area contributed by atoms with Crippen LogP contribution < -0.4 is 22.2 Å². The minimum atomic E-state index is -0.539. The van der Waals surface area contributed by atoms with Crippen molar-refractivity contribution in [3.8, 4) is 6.07 Å². The average Bonchev–Trinajstić information content (AvgIpc) is 3.11. The molecule has 1 atom stereocenters. The average molecular weight is 759 g/mol. The van der Waals surface area contributed by atoms with Gasteiger partial charge in [-0.25, -0.2) is 10.2 Å². The van der Waals surface area contributed by atoms with E-state index in [0.717, 1.165) is 64.2 Å². The van der Waals surface area contributed by atoms with Crippen molar-refractivity contribution >= 4 is 51.2 Å². The van der Waals surface area contributed by atoms with E-state index in [1.165, 1.54) is 29.5 Å². The number of aromatic nitrogens is 1. The molecule has 0 bridgehead atoms. The van der Waals surface area contributed by atoms with E-state index in [4.69, 9.17) is 39.5 Å². The lowest BCUT2D eigenvalue weighted by atomic mass is 9.89. The number of nitriles is 1.